The fourth-order valence-electron chi connectivity index (χ4n) is 5.05. The Labute approximate surface area is 302 Å². The lowest BCUT2D eigenvalue weighted by Crippen LogP contribution is -2.45. The molecule has 2 atom stereocenters. The molecule has 0 aromatic rings. The van der Waals surface area contributed by atoms with Crippen molar-refractivity contribution in [3.8, 4) is 0 Å². The van der Waals surface area contributed by atoms with Crippen LogP contribution in [-0.2, 0) is 4.79 Å². The summed E-state index contributed by atoms with van der Waals surface area (Å²) in [5.74, 6) is -0.0758. The number of unbranched alkanes of at least 4 members (excludes halogenated alkanes) is 8. The Balaban J connectivity index is 3.71. The molecule has 0 aliphatic rings. The van der Waals surface area contributed by atoms with Gasteiger partial charge in [-0.25, -0.2) is 0 Å². The van der Waals surface area contributed by atoms with E-state index >= 15 is 0 Å². The average Bonchev–Trinajstić information content (AvgIpc) is 3.10. The standard InChI is InChI=1S/C45H73NO3/c1-3-5-7-9-11-12-13-14-15-16-17-18-19-20-21-22-23-24-25-26-27-28-29-30-31-32-33-34-35-37-39-41-45(49)46-43(42-47)44(48)40-38-36-10-8-6-4-2/h5,7,11-12,14-15,17-18,20-21,23-24,26-27,29-30,32-33,43-44,47-48H,3-4,6,8-10,13,16,19,22,25,28,31,34-42H2,1-2H3,(H,46,49)/b7-5-,12-11-,15-14-,18-17-,21-20-,24-23-,27-26-,30-29-,33-32-. The predicted octanol–water partition coefficient (Wildman–Crippen LogP) is 12.1. The first-order chi connectivity index (χ1) is 24.2. The van der Waals surface area contributed by atoms with Crippen LogP contribution in [0.2, 0.25) is 0 Å². The molecule has 0 bridgehead atoms. The third-order valence-electron chi connectivity index (χ3n) is 8.05. The minimum absolute atomic E-state index is 0.0758. The van der Waals surface area contributed by atoms with Crippen LogP contribution in [0.1, 0.15) is 149 Å². The number of aliphatic hydroxyl groups excluding tert-OH is 2. The fourth-order valence-corrected chi connectivity index (χ4v) is 5.05. The van der Waals surface area contributed by atoms with E-state index in [-0.39, 0.29) is 12.5 Å². The SMILES string of the molecule is CC/C=C\C/C=C\C/C=C\C/C=C\C/C=C\C/C=C\C/C=C\C/C=C\C/C=C\CCCCCC(=O)NC(CO)C(O)CCCCCCCC. The predicted molar refractivity (Wildman–Crippen MR) is 216 cm³/mol. The summed E-state index contributed by atoms with van der Waals surface area (Å²) < 4.78 is 0. The van der Waals surface area contributed by atoms with E-state index in [1.807, 2.05) is 0 Å². The zero-order valence-electron chi connectivity index (χ0n) is 31.4. The Kier molecular flexibility index (Phi) is 37.1. The van der Waals surface area contributed by atoms with Gasteiger partial charge in [0.2, 0.25) is 5.91 Å². The van der Waals surface area contributed by atoms with Crippen molar-refractivity contribution in [1.82, 2.24) is 5.32 Å². The Morgan fingerprint density at radius 2 is 0.898 bits per heavy atom. The van der Waals surface area contributed by atoms with Gasteiger partial charge in [-0.2, -0.15) is 0 Å². The molecule has 0 aliphatic carbocycles. The molecule has 276 valence electrons. The molecule has 0 saturated carbocycles. The van der Waals surface area contributed by atoms with Gasteiger partial charge in [0.1, 0.15) is 0 Å². The number of carbonyl (C=O) groups is 1. The summed E-state index contributed by atoms with van der Waals surface area (Å²) in [5, 5.41) is 22.8. The van der Waals surface area contributed by atoms with Gasteiger partial charge in [-0.1, -0.05) is 168 Å². The second-order valence-corrected chi connectivity index (χ2v) is 12.6. The normalized spacial score (nSPS) is 14.3. The van der Waals surface area contributed by atoms with E-state index in [2.05, 4.69) is 129 Å². The van der Waals surface area contributed by atoms with E-state index in [0.717, 1.165) is 96.3 Å². The van der Waals surface area contributed by atoms with Gasteiger partial charge in [-0.05, 0) is 83.5 Å². The van der Waals surface area contributed by atoms with Crippen molar-refractivity contribution >= 4 is 5.91 Å². The molecule has 4 heteroatoms. The fraction of sp³-hybridized carbons (Fsp3) is 0.578. The number of carbonyl (C=O) groups excluding carboxylic acids is 1. The average molecular weight is 676 g/mol. The van der Waals surface area contributed by atoms with Gasteiger partial charge in [0.15, 0.2) is 0 Å². The van der Waals surface area contributed by atoms with Crippen LogP contribution in [0.25, 0.3) is 0 Å². The first-order valence-electron chi connectivity index (χ1n) is 19.6. The summed E-state index contributed by atoms with van der Waals surface area (Å²) in [6.07, 6.45) is 60.3. The maximum absolute atomic E-state index is 12.3. The van der Waals surface area contributed by atoms with Gasteiger partial charge >= 0.3 is 0 Å². The van der Waals surface area contributed by atoms with Crippen LogP contribution in [0.15, 0.2) is 109 Å². The minimum atomic E-state index is -0.677. The summed E-state index contributed by atoms with van der Waals surface area (Å²) >= 11 is 0. The third kappa shape index (κ3) is 36.2. The van der Waals surface area contributed by atoms with Crippen molar-refractivity contribution in [2.45, 2.75) is 161 Å². The van der Waals surface area contributed by atoms with Crippen molar-refractivity contribution in [3.05, 3.63) is 109 Å². The largest absolute Gasteiger partial charge is 0.394 e. The van der Waals surface area contributed by atoms with Gasteiger partial charge in [-0.3, -0.25) is 4.79 Å². The molecule has 0 saturated heterocycles. The van der Waals surface area contributed by atoms with Gasteiger partial charge < -0.3 is 15.5 Å². The molecule has 1 amide bonds. The Morgan fingerprint density at radius 3 is 1.33 bits per heavy atom. The highest BCUT2D eigenvalue weighted by atomic mass is 16.3. The van der Waals surface area contributed by atoms with E-state index in [1.54, 1.807) is 0 Å². The molecule has 2 unspecified atom stereocenters. The molecule has 4 nitrogen and oxygen atoms in total. The molecule has 0 rings (SSSR count). The molecule has 0 aromatic heterocycles. The number of aliphatic hydroxyl groups is 2. The maximum Gasteiger partial charge on any atom is 0.220 e. The van der Waals surface area contributed by atoms with Crippen LogP contribution < -0.4 is 5.32 Å². The van der Waals surface area contributed by atoms with Crippen molar-refractivity contribution in [3.63, 3.8) is 0 Å². The third-order valence-corrected chi connectivity index (χ3v) is 8.05. The molecule has 49 heavy (non-hydrogen) atoms. The van der Waals surface area contributed by atoms with E-state index in [4.69, 9.17) is 0 Å². The van der Waals surface area contributed by atoms with E-state index in [1.165, 1.54) is 25.7 Å². The topological polar surface area (TPSA) is 69.6 Å². The van der Waals surface area contributed by atoms with Crippen LogP contribution >= 0.6 is 0 Å². The second-order valence-electron chi connectivity index (χ2n) is 12.6. The molecule has 0 fully saturated rings. The number of nitrogens with one attached hydrogen (secondary N) is 1. The smallest absolute Gasteiger partial charge is 0.220 e. The molecule has 3 N–H and O–H groups in total. The van der Waals surface area contributed by atoms with Crippen molar-refractivity contribution in [2.75, 3.05) is 6.61 Å². The summed E-state index contributed by atoms with van der Waals surface area (Å²) in [4.78, 5) is 12.3. The lowest BCUT2D eigenvalue weighted by atomic mass is 10.0. The molecule has 0 radical (unpaired) electrons. The second kappa shape index (κ2) is 39.5. The number of rotatable bonds is 33. The highest BCUT2D eigenvalue weighted by molar-refractivity contribution is 5.76. The van der Waals surface area contributed by atoms with Crippen molar-refractivity contribution in [1.29, 1.82) is 0 Å². The van der Waals surface area contributed by atoms with Crippen LogP contribution in [0.4, 0.5) is 0 Å². The van der Waals surface area contributed by atoms with E-state index in [0.29, 0.717) is 12.8 Å². The van der Waals surface area contributed by atoms with E-state index < -0.39 is 12.1 Å². The number of allylic oxidation sites excluding steroid dienone is 18. The Bertz CT molecular complexity index is 995. The maximum atomic E-state index is 12.3. The molecular weight excluding hydrogens is 602 g/mol. The highest BCUT2D eigenvalue weighted by Gasteiger charge is 2.19. The summed E-state index contributed by atoms with van der Waals surface area (Å²) in [6, 6.07) is -0.558. The monoisotopic (exact) mass is 676 g/mol. The molecule has 0 aliphatic heterocycles. The molecule has 0 heterocycles. The molecule has 0 aromatic carbocycles. The van der Waals surface area contributed by atoms with Crippen LogP contribution in [-0.4, -0.2) is 34.9 Å². The minimum Gasteiger partial charge on any atom is -0.394 e. The van der Waals surface area contributed by atoms with Crippen LogP contribution in [0.3, 0.4) is 0 Å². The zero-order chi connectivity index (χ0) is 35.7. The van der Waals surface area contributed by atoms with Crippen molar-refractivity contribution in [2.24, 2.45) is 0 Å². The Hall–Kier alpha value is -2.95. The summed E-state index contributed by atoms with van der Waals surface area (Å²) in [5.41, 5.74) is 0. The van der Waals surface area contributed by atoms with Gasteiger partial charge in [0, 0.05) is 6.42 Å². The van der Waals surface area contributed by atoms with Gasteiger partial charge in [-0.15, -0.1) is 0 Å². The van der Waals surface area contributed by atoms with Crippen LogP contribution in [0, 0.1) is 0 Å². The number of amides is 1. The first kappa shape index (κ1) is 46.0. The highest BCUT2D eigenvalue weighted by Crippen LogP contribution is 2.11. The Morgan fingerprint density at radius 1 is 0.510 bits per heavy atom. The summed E-state index contributed by atoms with van der Waals surface area (Å²) in [6.45, 7) is 4.14. The number of hydrogen-bond acceptors (Lipinski definition) is 3. The molecule has 0 spiro atoms. The van der Waals surface area contributed by atoms with E-state index in [9.17, 15) is 15.0 Å². The van der Waals surface area contributed by atoms with Gasteiger partial charge in [0.05, 0.1) is 18.8 Å². The van der Waals surface area contributed by atoms with Crippen molar-refractivity contribution < 1.29 is 15.0 Å². The lowest BCUT2D eigenvalue weighted by molar-refractivity contribution is -0.123. The first-order valence-corrected chi connectivity index (χ1v) is 19.6. The molecular formula is C45H73NO3. The van der Waals surface area contributed by atoms with Gasteiger partial charge in [0.25, 0.3) is 0 Å². The lowest BCUT2D eigenvalue weighted by Gasteiger charge is -2.22. The number of hydrogen-bond donors (Lipinski definition) is 3. The quantitative estimate of drug-likeness (QED) is 0.0479. The zero-order valence-corrected chi connectivity index (χ0v) is 31.4. The van der Waals surface area contributed by atoms with Crippen LogP contribution in [0.5, 0.6) is 0 Å². The summed E-state index contributed by atoms with van der Waals surface area (Å²) in [7, 11) is 0.